The minimum Gasteiger partial charge on any atom is -0.466 e. The van der Waals surface area contributed by atoms with Crippen molar-refractivity contribution in [1.29, 1.82) is 0 Å². The minimum atomic E-state index is -1.32. The SMILES string of the molecule is CCOC(=O)CCSP(OC(C)CSP(OC(C)CC(C)C)OC(C)CC(C)C)OC(C)CSP(OC(C)CC(C)C)OC(C)CC(C)C. The highest BCUT2D eigenvalue weighted by Crippen LogP contribution is 2.59. The molecule has 0 aromatic carbocycles. The topological polar surface area (TPSA) is 81.7 Å². The maximum Gasteiger partial charge on any atom is 0.306 e. The molecule has 0 aliphatic rings. The largest absolute Gasteiger partial charge is 0.466 e. The third kappa shape index (κ3) is 30.6. The Hall–Kier alpha value is 1.57. The Morgan fingerprint density at radius 1 is 0.469 bits per heavy atom. The predicted molar refractivity (Wildman–Crippen MR) is 220 cm³/mol. The molecular formula is C35H73O8P3S3. The number of ether oxygens (including phenoxy) is 1. The summed E-state index contributed by atoms with van der Waals surface area (Å²) in [4.78, 5) is 12.1. The van der Waals surface area contributed by atoms with Crippen molar-refractivity contribution in [3.63, 3.8) is 0 Å². The van der Waals surface area contributed by atoms with E-state index in [4.69, 9.17) is 31.9 Å². The first kappa shape index (κ1) is 50.6. The van der Waals surface area contributed by atoms with E-state index in [1.807, 2.05) is 6.92 Å². The van der Waals surface area contributed by atoms with E-state index in [-0.39, 0.29) is 42.6 Å². The van der Waals surface area contributed by atoms with Crippen LogP contribution in [-0.4, -0.2) is 66.5 Å². The lowest BCUT2D eigenvalue weighted by molar-refractivity contribution is -0.142. The van der Waals surface area contributed by atoms with Crippen LogP contribution in [0.5, 0.6) is 0 Å². The molecule has 8 nitrogen and oxygen atoms in total. The van der Waals surface area contributed by atoms with Crippen molar-refractivity contribution in [2.75, 3.05) is 23.9 Å². The van der Waals surface area contributed by atoms with E-state index in [1.165, 1.54) is 0 Å². The summed E-state index contributed by atoms with van der Waals surface area (Å²) in [7, 11) is -3.59. The van der Waals surface area contributed by atoms with E-state index >= 15 is 0 Å². The molecule has 49 heavy (non-hydrogen) atoms. The molecule has 6 atom stereocenters. The van der Waals surface area contributed by atoms with Crippen LogP contribution in [0.1, 0.15) is 136 Å². The van der Waals surface area contributed by atoms with Crippen molar-refractivity contribution in [3.05, 3.63) is 0 Å². The van der Waals surface area contributed by atoms with Crippen molar-refractivity contribution < 1.29 is 36.7 Å². The monoisotopic (exact) mass is 810 g/mol. The Morgan fingerprint density at radius 2 is 0.755 bits per heavy atom. The second-order valence-corrected chi connectivity index (χ2v) is 24.1. The second kappa shape index (κ2) is 29.9. The summed E-state index contributed by atoms with van der Waals surface area (Å²) in [6.07, 6.45) is 4.59. The van der Waals surface area contributed by atoms with Crippen LogP contribution in [0.2, 0.25) is 0 Å². The molecule has 0 fully saturated rings. The molecule has 0 aromatic heterocycles. The fourth-order valence-electron chi connectivity index (χ4n) is 4.80. The Labute approximate surface area is 318 Å². The van der Waals surface area contributed by atoms with Gasteiger partial charge in [0.2, 0.25) is 22.7 Å². The predicted octanol–water partition coefficient (Wildman–Crippen LogP) is 13.4. The van der Waals surface area contributed by atoms with Gasteiger partial charge in [0.25, 0.3) is 0 Å². The molecule has 0 aromatic rings. The lowest BCUT2D eigenvalue weighted by Gasteiger charge is -2.28. The third-order valence-electron chi connectivity index (χ3n) is 6.45. The molecule has 0 heterocycles. The van der Waals surface area contributed by atoms with Crippen LogP contribution in [0.15, 0.2) is 0 Å². The van der Waals surface area contributed by atoms with Gasteiger partial charge in [0.05, 0.1) is 49.7 Å². The van der Waals surface area contributed by atoms with Crippen molar-refractivity contribution >= 4 is 62.8 Å². The Bertz CT molecular complexity index is 730. The lowest BCUT2D eigenvalue weighted by Crippen LogP contribution is -2.16. The summed E-state index contributed by atoms with van der Waals surface area (Å²) in [5.74, 6) is 4.03. The van der Waals surface area contributed by atoms with Gasteiger partial charge in [0, 0.05) is 17.3 Å². The maximum atomic E-state index is 12.1. The van der Waals surface area contributed by atoms with E-state index < -0.39 is 22.7 Å². The van der Waals surface area contributed by atoms with Gasteiger partial charge in [-0.3, -0.25) is 4.79 Å². The first-order valence-corrected chi connectivity index (χ1v) is 26.7. The Kier molecular flexibility index (Phi) is 30.8. The molecule has 14 heteroatoms. The van der Waals surface area contributed by atoms with Gasteiger partial charge in [0.15, 0.2) is 0 Å². The summed E-state index contributed by atoms with van der Waals surface area (Å²) >= 11 is 4.96. The van der Waals surface area contributed by atoms with E-state index in [0.29, 0.717) is 54.0 Å². The van der Waals surface area contributed by atoms with Crippen LogP contribution >= 0.6 is 56.9 Å². The molecular weight excluding hydrogens is 738 g/mol. The summed E-state index contributed by atoms with van der Waals surface area (Å²) in [5.41, 5.74) is 0. The fraction of sp³-hybridized carbons (Fsp3) is 0.971. The van der Waals surface area contributed by atoms with Gasteiger partial charge in [-0.05, 0) is 97.8 Å². The number of carbonyl (C=O) groups is 1. The molecule has 0 amide bonds. The average Bonchev–Trinajstić information content (AvgIpc) is 2.92. The normalized spacial score (nSPS) is 18.0. The minimum absolute atomic E-state index is 0.0957. The molecule has 0 aliphatic carbocycles. The average molecular weight is 811 g/mol. The lowest BCUT2D eigenvalue weighted by atomic mass is 10.1. The smallest absolute Gasteiger partial charge is 0.306 e. The van der Waals surface area contributed by atoms with Gasteiger partial charge >= 0.3 is 5.97 Å². The number of rotatable bonds is 31. The number of hydrogen-bond donors (Lipinski definition) is 0. The Balaban J connectivity index is 5.50. The summed E-state index contributed by atoms with van der Waals surface area (Å²) < 4.78 is 44.0. The van der Waals surface area contributed by atoms with Crippen molar-refractivity contribution in [2.45, 2.75) is 173 Å². The molecule has 294 valence electrons. The maximum absolute atomic E-state index is 12.1. The van der Waals surface area contributed by atoms with Crippen molar-refractivity contribution in [1.82, 2.24) is 0 Å². The molecule has 6 unspecified atom stereocenters. The number of hydrogen-bond acceptors (Lipinski definition) is 11. The van der Waals surface area contributed by atoms with E-state index in [2.05, 4.69) is 96.9 Å². The zero-order chi connectivity index (χ0) is 37.5. The van der Waals surface area contributed by atoms with Crippen molar-refractivity contribution in [2.24, 2.45) is 23.7 Å². The molecule has 0 N–H and O–H groups in total. The van der Waals surface area contributed by atoms with Crippen LogP contribution < -0.4 is 0 Å². The number of carbonyl (C=O) groups excluding carboxylic acids is 1. The van der Waals surface area contributed by atoms with Gasteiger partial charge in [0.1, 0.15) is 0 Å². The Morgan fingerprint density at radius 3 is 1.04 bits per heavy atom. The molecule has 0 rings (SSSR count). The molecule has 0 saturated carbocycles. The highest BCUT2D eigenvalue weighted by molar-refractivity contribution is 8.53. The van der Waals surface area contributed by atoms with Gasteiger partial charge in [-0.15, -0.1) is 0 Å². The summed E-state index contributed by atoms with van der Waals surface area (Å²) in [6, 6.07) is 0. The highest BCUT2D eigenvalue weighted by Gasteiger charge is 2.27. The van der Waals surface area contributed by atoms with E-state index in [9.17, 15) is 4.79 Å². The van der Waals surface area contributed by atoms with Crippen LogP contribution in [0.25, 0.3) is 0 Å². The number of esters is 1. The van der Waals surface area contributed by atoms with Crippen LogP contribution in [0.3, 0.4) is 0 Å². The fourth-order valence-corrected chi connectivity index (χ4v) is 15.4. The first-order valence-electron chi connectivity index (χ1n) is 18.3. The van der Waals surface area contributed by atoms with Crippen LogP contribution in [0.4, 0.5) is 0 Å². The molecule has 0 bridgehead atoms. The van der Waals surface area contributed by atoms with E-state index in [1.54, 1.807) is 34.1 Å². The molecule has 0 spiro atoms. The van der Waals surface area contributed by atoms with Gasteiger partial charge in [-0.1, -0.05) is 89.5 Å². The van der Waals surface area contributed by atoms with Gasteiger partial charge < -0.3 is 31.9 Å². The third-order valence-corrected chi connectivity index (χ3v) is 16.8. The van der Waals surface area contributed by atoms with Gasteiger partial charge in [-0.25, -0.2) is 0 Å². The van der Waals surface area contributed by atoms with Crippen molar-refractivity contribution in [3.8, 4) is 0 Å². The second-order valence-electron chi connectivity index (χ2n) is 14.7. The summed E-state index contributed by atoms with van der Waals surface area (Å²) in [5, 5.41) is 0. The van der Waals surface area contributed by atoms with Crippen LogP contribution in [-0.2, 0) is 36.7 Å². The summed E-state index contributed by atoms with van der Waals surface area (Å²) in [6.45, 7) is 32.7. The quantitative estimate of drug-likeness (QED) is 0.0496. The van der Waals surface area contributed by atoms with Gasteiger partial charge in [-0.2, -0.15) is 0 Å². The molecule has 0 aliphatic heterocycles. The zero-order valence-electron chi connectivity index (χ0n) is 33.5. The molecule has 0 radical (unpaired) electrons. The molecule has 0 saturated heterocycles. The van der Waals surface area contributed by atoms with E-state index in [0.717, 1.165) is 25.7 Å². The first-order chi connectivity index (χ1) is 22.9. The highest BCUT2D eigenvalue weighted by atomic mass is 32.7. The van der Waals surface area contributed by atoms with Crippen LogP contribution in [0, 0.1) is 23.7 Å². The zero-order valence-corrected chi connectivity index (χ0v) is 38.6. The standard InChI is InChI=1S/C35H73O8P3S3/c1-16-37-35(36)17-18-47-44(42-33(14)23-48-45(38-29(10)19-25(2)3)39-30(11)20-26(4)5)43-34(15)24-49-46(40-31(12)21-27(6)7)41-32(13)22-28(8)9/h25-34H,16-24H2,1-15H3.